The van der Waals surface area contributed by atoms with Crippen molar-refractivity contribution in [2.24, 2.45) is 5.41 Å². The van der Waals surface area contributed by atoms with Crippen LogP contribution in [0.1, 0.15) is 58.3 Å². The summed E-state index contributed by atoms with van der Waals surface area (Å²) in [5.74, 6) is 0. The third-order valence-electron chi connectivity index (χ3n) is 3.47. The van der Waals surface area contributed by atoms with Crippen LogP contribution < -0.4 is 21.2 Å². The molecule has 1 saturated carbocycles. The van der Waals surface area contributed by atoms with Gasteiger partial charge in [0.1, 0.15) is 0 Å². The zero-order chi connectivity index (χ0) is 9.57. The van der Waals surface area contributed by atoms with E-state index in [1.54, 1.807) is 23.7 Å². The van der Waals surface area contributed by atoms with Gasteiger partial charge in [-0.2, -0.15) is 0 Å². The van der Waals surface area contributed by atoms with Crippen LogP contribution in [-0.2, 0) is 0 Å². The fourth-order valence-electron chi connectivity index (χ4n) is 2.86. The SMILES string of the molecule is CCCC1(CCC[I-]C)CCCC1. The van der Waals surface area contributed by atoms with E-state index in [0.717, 1.165) is 5.41 Å². The summed E-state index contributed by atoms with van der Waals surface area (Å²) in [7, 11) is 0. The Bertz CT molecular complexity index is 125. The van der Waals surface area contributed by atoms with E-state index in [2.05, 4.69) is 11.9 Å². The Morgan fingerprint density at radius 3 is 2.38 bits per heavy atom. The van der Waals surface area contributed by atoms with Gasteiger partial charge in [0.2, 0.25) is 0 Å². The van der Waals surface area contributed by atoms with Gasteiger partial charge in [-0.15, -0.1) is 0 Å². The molecular formula is C12H24I-. The molecule has 1 aliphatic carbocycles. The topological polar surface area (TPSA) is 0 Å². The van der Waals surface area contributed by atoms with Crippen molar-refractivity contribution in [3.8, 4) is 0 Å². The Kier molecular flexibility index (Phi) is 5.68. The molecule has 80 valence electrons. The fraction of sp³-hybridized carbons (Fsp3) is 1.00. The van der Waals surface area contributed by atoms with Crippen molar-refractivity contribution in [1.29, 1.82) is 0 Å². The molecule has 0 radical (unpaired) electrons. The van der Waals surface area contributed by atoms with Gasteiger partial charge in [-0.1, -0.05) is 0 Å². The molecule has 0 aliphatic heterocycles. The van der Waals surface area contributed by atoms with Crippen molar-refractivity contribution < 1.29 is 21.2 Å². The van der Waals surface area contributed by atoms with Crippen LogP contribution in [0.4, 0.5) is 0 Å². The third kappa shape index (κ3) is 3.77. The molecule has 1 aliphatic rings. The van der Waals surface area contributed by atoms with E-state index >= 15 is 0 Å². The Morgan fingerprint density at radius 1 is 1.15 bits per heavy atom. The monoisotopic (exact) mass is 295 g/mol. The van der Waals surface area contributed by atoms with E-state index in [9.17, 15) is 0 Å². The second kappa shape index (κ2) is 6.26. The second-order valence-corrected chi connectivity index (χ2v) is 7.12. The van der Waals surface area contributed by atoms with Crippen LogP contribution in [-0.4, -0.2) is 9.36 Å². The van der Waals surface area contributed by atoms with Gasteiger partial charge >= 0.3 is 94.3 Å². The normalized spacial score (nSPS) is 21.1. The zero-order valence-electron chi connectivity index (χ0n) is 9.24. The van der Waals surface area contributed by atoms with E-state index in [0.29, 0.717) is 21.2 Å². The first-order valence-electron chi connectivity index (χ1n) is 5.77. The Balaban J connectivity index is 2.28. The Morgan fingerprint density at radius 2 is 1.85 bits per heavy atom. The van der Waals surface area contributed by atoms with Crippen molar-refractivity contribution in [3.63, 3.8) is 0 Å². The maximum atomic E-state index is 2.42. The predicted octanol–water partition coefficient (Wildman–Crippen LogP) is 0.846. The van der Waals surface area contributed by atoms with E-state index in [4.69, 9.17) is 0 Å². The van der Waals surface area contributed by atoms with Crippen molar-refractivity contribution in [2.75, 3.05) is 9.36 Å². The summed E-state index contributed by atoms with van der Waals surface area (Å²) >= 11 is 0.553. The van der Waals surface area contributed by atoms with Gasteiger partial charge < -0.3 is 0 Å². The first-order chi connectivity index (χ1) is 6.33. The molecule has 0 spiro atoms. The summed E-state index contributed by atoms with van der Waals surface area (Å²) in [5, 5.41) is 0. The second-order valence-electron chi connectivity index (χ2n) is 4.52. The number of hydrogen-bond donors (Lipinski definition) is 0. The third-order valence-corrected chi connectivity index (χ3v) is 5.32. The average Bonchev–Trinajstić information content (AvgIpc) is 2.55. The molecule has 0 aromatic carbocycles. The summed E-state index contributed by atoms with van der Waals surface area (Å²) in [5.41, 5.74) is 0.813. The summed E-state index contributed by atoms with van der Waals surface area (Å²) in [6.45, 7) is 2.35. The number of hydrogen-bond acceptors (Lipinski definition) is 0. The van der Waals surface area contributed by atoms with Gasteiger partial charge in [-0.3, -0.25) is 0 Å². The van der Waals surface area contributed by atoms with Crippen molar-refractivity contribution in [3.05, 3.63) is 0 Å². The standard InChI is InChI=1S/C12H24I/c1-3-7-12(8-4-5-9-12)10-6-11-13-2/h3-11H2,1-2H3/q-1. The van der Waals surface area contributed by atoms with E-state index in [-0.39, 0.29) is 0 Å². The summed E-state index contributed by atoms with van der Waals surface area (Å²) in [6, 6.07) is 0. The average molecular weight is 295 g/mol. The molecule has 1 fully saturated rings. The molecule has 0 N–H and O–H groups in total. The first-order valence-corrected chi connectivity index (χ1v) is 9.45. The van der Waals surface area contributed by atoms with Crippen LogP contribution in [0.5, 0.6) is 0 Å². The molecule has 0 aromatic rings. The van der Waals surface area contributed by atoms with Crippen molar-refractivity contribution >= 4 is 0 Å². The molecule has 1 heteroatoms. The summed E-state index contributed by atoms with van der Waals surface area (Å²) in [6.07, 6.45) is 12.1. The minimum absolute atomic E-state index is 0.553. The van der Waals surface area contributed by atoms with Gasteiger partial charge in [-0.05, 0) is 0 Å². The van der Waals surface area contributed by atoms with Crippen LogP contribution in [0.25, 0.3) is 0 Å². The predicted molar refractivity (Wildman–Crippen MR) is 55.8 cm³/mol. The zero-order valence-corrected chi connectivity index (χ0v) is 11.4. The van der Waals surface area contributed by atoms with E-state index in [1.807, 2.05) is 0 Å². The molecule has 1 rings (SSSR count). The van der Waals surface area contributed by atoms with E-state index < -0.39 is 0 Å². The van der Waals surface area contributed by atoms with E-state index in [1.165, 1.54) is 32.1 Å². The first kappa shape index (κ1) is 11.8. The Hall–Kier alpha value is 0.730. The number of halogens is 1. The van der Waals surface area contributed by atoms with Crippen molar-refractivity contribution in [1.82, 2.24) is 0 Å². The molecule has 0 aromatic heterocycles. The Labute approximate surface area is 94.1 Å². The molecule has 13 heavy (non-hydrogen) atoms. The van der Waals surface area contributed by atoms with Crippen LogP contribution >= 0.6 is 0 Å². The molecule has 0 bridgehead atoms. The molecular weight excluding hydrogens is 271 g/mol. The van der Waals surface area contributed by atoms with Crippen LogP contribution in [0.3, 0.4) is 0 Å². The van der Waals surface area contributed by atoms with Gasteiger partial charge in [0, 0.05) is 0 Å². The summed E-state index contributed by atoms with van der Waals surface area (Å²) in [4.78, 5) is 2.42. The van der Waals surface area contributed by atoms with Crippen LogP contribution in [0.15, 0.2) is 0 Å². The minimum atomic E-state index is 0.553. The van der Waals surface area contributed by atoms with Crippen molar-refractivity contribution in [2.45, 2.75) is 58.3 Å². The molecule has 0 saturated heterocycles. The molecule has 0 atom stereocenters. The summed E-state index contributed by atoms with van der Waals surface area (Å²) < 4.78 is 1.56. The maximum absolute atomic E-state index is 2.42. The number of rotatable bonds is 6. The quantitative estimate of drug-likeness (QED) is 0.387. The fourth-order valence-corrected chi connectivity index (χ4v) is 4.00. The van der Waals surface area contributed by atoms with Crippen LogP contribution in [0.2, 0.25) is 0 Å². The number of alkyl halides is 2. The van der Waals surface area contributed by atoms with Gasteiger partial charge in [0.05, 0.1) is 0 Å². The molecule has 0 amide bonds. The molecule has 0 heterocycles. The molecule has 0 unspecified atom stereocenters. The van der Waals surface area contributed by atoms with Gasteiger partial charge in [-0.25, -0.2) is 0 Å². The molecule has 0 nitrogen and oxygen atoms in total. The van der Waals surface area contributed by atoms with Gasteiger partial charge in [0.25, 0.3) is 0 Å². The van der Waals surface area contributed by atoms with Crippen LogP contribution in [0, 0.1) is 5.41 Å². The van der Waals surface area contributed by atoms with Gasteiger partial charge in [0.15, 0.2) is 0 Å².